The number of rotatable bonds is 5. The van der Waals surface area contributed by atoms with Gasteiger partial charge in [0.2, 0.25) is 3.78 Å². The maximum atomic E-state index is 13.1. The molecule has 5 nitrogen and oxygen atoms in total. The van der Waals surface area contributed by atoms with Gasteiger partial charge in [-0.1, -0.05) is 41.4 Å². The van der Waals surface area contributed by atoms with Gasteiger partial charge in [-0.25, -0.2) is 0 Å². The third-order valence-corrected chi connectivity index (χ3v) is 5.41. The second-order valence-corrected chi connectivity index (χ2v) is 9.52. The van der Waals surface area contributed by atoms with E-state index >= 15 is 0 Å². The fourth-order valence-corrected chi connectivity index (χ4v) is 3.88. The predicted octanol–water partition coefficient (Wildman–Crippen LogP) is 1.39. The minimum absolute atomic E-state index is 0.265. The molecule has 1 saturated carbocycles. The molecule has 11 heteroatoms. The second-order valence-electron chi connectivity index (χ2n) is 5.62. The molecule has 1 fully saturated rings. The van der Waals surface area contributed by atoms with E-state index in [4.69, 9.17) is 11.6 Å². The molecule has 0 aromatic carbocycles. The Morgan fingerprint density at radius 1 is 1.43 bits per heavy atom. The minimum Gasteiger partial charge on any atom is -0.549 e. The van der Waals surface area contributed by atoms with Gasteiger partial charge in [-0.15, -0.1) is 0 Å². The van der Waals surface area contributed by atoms with Crippen molar-refractivity contribution < 1.29 is 35.7 Å². The highest BCUT2D eigenvalue weighted by atomic mass is 79.9. The summed E-state index contributed by atoms with van der Waals surface area (Å²) in [5.41, 5.74) is -3.35. The van der Waals surface area contributed by atoms with Crippen molar-refractivity contribution in [3.63, 3.8) is 0 Å². The Kier molecular flexibility index (Phi) is 4.49. The Morgan fingerprint density at radius 3 is 2.00 bits per heavy atom. The van der Waals surface area contributed by atoms with Gasteiger partial charge in [0, 0.05) is 5.41 Å². The van der Waals surface area contributed by atoms with Crippen LogP contribution in [-0.2, 0) is 19.1 Å². The molecule has 0 radical (unpaired) electrons. The van der Waals surface area contributed by atoms with Crippen LogP contribution in [0.5, 0.6) is 0 Å². The molecule has 0 spiro atoms. The molecule has 1 rings (SSSR count). The van der Waals surface area contributed by atoms with Gasteiger partial charge in [0.25, 0.3) is 10.1 Å². The molecule has 21 heavy (non-hydrogen) atoms. The molecule has 1 aliphatic carbocycles. The molecule has 0 bridgehead atoms. The van der Waals surface area contributed by atoms with Crippen LogP contribution < -0.4 is 5.11 Å². The van der Waals surface area contributed by atoms with E-state index in [1.165, 1.54) is 13.8 Å². The zero-order valence-corrected chi connectivity index (χ0v) is 14.3. The molecule has 0 aromatic rings. The van der Waals surface area contributed by atoms with E-state index in [1.807, 2.05) is 0 Å². The van der Waals surface area contributed by atoms with Crippen LogP contribution in [0.4, 0.5) is 13.2 Å². The second kappa shape index (κ2) is 4.97. The smallest absolute Gasteiger partial charge is 0.420 e. The molecule has 0 saturated heterocycles. The molecule has 0 aliphatic heterocycles. The summed E-state index contributed by atoms with van der Waals surface area (Å²) >= 11 is 7.57. The van der Waals surface area contributed by atoms with E-state index in [0.29, 0.717) is 6.26 Å². The molecule has 1 aliphatic rings. The van der Waals surface area contributed by atoms with E-state index in [2.05, 4.69) is 20.1 Å². The summed E-state index contributed by atoms with van der Waals surface area (Å²) in [6.45, 7) is 2.72. The van der Waals surface area contributed by atoms with Crippen LogP contribution >= 0.6 is 27.5 Å². The van der Waals surface area contributed by atoms with Gasteiger partial charge in [0.05, 0.1) is 12.2 Å². The van der Waals surface area contributed by atoms with Crippen LogP contribution in [-0.4, -0.2) is 36.7 Å². The van der Waals surface area contributed by atoms with E-state index < -0.39 is 43.0 Å². The summed E-state index contributed by atoms with van der Waals surface area (Å²) in [6.07, 6.45) is -7.33. The third-order valence-electron chi connectivity index (χ3n) is 3.59. The van der Waals surface area contributed by atoms with Crippen LogP contribution in [0, 0.1) is 10.8 Å². The Labute approximate surface area is 133 Å². The lowest BCUT2D eigenvalue weighted by molar-refractivity contribution is -0.319. The first-order valence-corrected chi connectivity index (χ1v) is 8.52. The van der Waals surface area contributed by atoms with Crippen molar-refractivity contribution in [2.45, 2.75) is 36.3 Å². The number of hydrogen-bond donors (Lipinski definition) is 0. The maximum Gasteiger partial charge on any atom is 0.420 e. The SMILES string of the molecule is CC1(C)CC1(C(=O)[O-])C(OS(C)(=O)=O)C(Cl)(Br)C(F)(F)F. The molecule has 0 heterocycles. The highest BCUT2D eigenvalue weighted by molar-refractivity contribution is 9.10. The fraction of sp³-hybridized carbons (Fsp3) is 0.900. The number of carbonyl (C=O) groups is 1. The van der Waals surface area contributed by atoms with Crippen LogP contribution in [0.25, 0.3) is 0 Å². The first kappa shape index (κ1) is 19.0. The van der Waals surface area contributed by atoms with E-state index in [9.17, 15) is 31.5 Å². The topological polar surface area (TPSA) is 83.5 Å². The van der Waals surface area contributed by atoms with E-state index in [-0.39, 0.29) is 6.42 Å². The molecule has 124 valence electrons. The van der Waals surface area contributed by atoms with Gasteiger partial charge in [-0.2, -0.15) is 21.6 Å². The number of hydrogen-bond acceptors (Lipinski definition) is 5. The summed E-state index contributed by atoms with van der Waals surface area (Å²) in [7, 11) is -4.40. The predicted molar refractivity (Wildman–Crippen MR) is 69.1 cm³/mol. The molecule has 0 aromatic heterocycles. The van der Waals surface area contributed by atoms with Crippen molar-refractivity contribution in [2.75, 3.05) is 6.26 Å². The summed E-state index contributed by atoms with van der Waals surface area (Å²) in [4.78, 5) is 11.4. The van der Waals surface area contributed by atoms with E-state index in [0.717, 1.165) is 0 Å². The Bertz CT molecular complexity index is 560. The Hall–Kier alpha value is -0.0600. The van der Waals surface area contributed by atoms with E-state index in [1.54, 1.807) is 0 Å². The quantitative estimate of drug-likeness (QED) is 0.500. The van der Waals surface area contributed by atoms with Crippen molar-refractivity contribution in [3.05, 3.63) is 0 Å². The average Bonchev–Trinajstić information content (AvgIpc) is 2.76. The van der Waals surface area contributed by atoms with Crippen molar-refractivity contribution in [1.82, 2.24) is 0 Å². The van der Waals surface area contributed by atoms with Crippen LogP contribution in [0.1, 0.15) is 20.3 Å². The fourth-order valence-electron chi connectivity index (χ4n) is 2.33. The normalized spacial score (nSPS) is 29.5. The highest BCUT2D eigenvalue weighted by Crippen LogP contribution is 2.70. The van der Waals surface area contributed by atoms with Gasteiger partial charge < -0.3 is 9.90 Å². The largest absolute Gasteiger partial charge is 0.549 e. The number of carbonyl (C=O) groups excluding carboxylic acids is 1. The highest BCUT2D eigenvalue weighted by Gasteiger charge is 2.75. The summed E-state index contributed by atoms with van der Waals surface area (Å²) in [5, 5.41) is 11.4. The molecular formula is C10H12BrClF3O5S-. The van der Waals surface area contributed by atoms with Gasteiger partial charge >= 0.3 is 6.18 Å². The van der Waals surface area contributed by atoms with Crippen LogP contribution in [0.2, 0.25) is 0 Å². The molecule has 3 atom stereocenters. The zero-order valence-electron chi connectivity index (χ0n) is 11.1. The zero-order chi connectivity index (χ0) is 17.1. The molecular weight excluding hydrogens is 405 g/mol. The Balaban J connectivity index is 3.46. The van der Waals surface area contributed by atoms with Gasteiger partial charge in [0.15, 0.2) is 0 Å². The Morgan fingerprint density at radius 2 is 1.81 bits per heavy atom. The summed E-state index contributed by atoms with van der Waals surface area (Å²) in [6, 6.07) is 0. The molecule has 0 N–H and O–H groups in total. The van der Waals surface area contributed by atoms with Crippen molar-refractivity contribution in [2.24, 2.45) is 10.8 Å². The maximum absolute atomic E-state index is 13.1. The lowest BCUT2D eigenvalue weighted by Gasteiger charge is -2.38. The minimum atomic E-state index is -5.16. The first-order valence-electron chi connectivity index (χ1n) is 5.53. The monoisotopic (exact) mass is 415 g/mol. The summed E-state index contributed by atoms with van der Waals surface area (Å²) < 4.78 is 62.7. The van der Waals surface area contributed by atoms with Crippen LogP contribution in [0.15, 0.2) is 0 Å². The number of aliphatic carboxylic acids is 1. The van der Waals surface area contributed by atoms with Crippen molar-refractivity contribution in [3.8, 4) is 0 Å². The number of carboxylic acids is 1. The van der Waals surface area contributed by atoms with Crippen molar-refractivity contribution >= 4 is 43.6 Å². The first-order chi connectivity index (χ1) is 8.99. The van der Waals surface area contributed by atoms with Gasteiger partial charge in [0.1, 0.15) is 6.10 Å². The third kappa shape index (κ3) is 3.18. The number of carboxylic acid groups (broad SMARTS) is 1. The lowest BCUT2D eigenvalue weighted by atomic mass is 9.87. The molecule has 0 amide bonds. The van der Waals surface area contributed by atoms with Gasteiger partial charge in [-0.05, 0) is 11.8 Å². The standard InChI is InChI=1S/C10H13BrClF3O5S/c1-7(2)4-8(7,6(16)17)5(20-21(3,18)19)9(11,12)10(13,14)15/h5H,4H2,1-3H3,(H,16,17)/p-1. The number of halogens is 5. The van der Waals surface area contributed by atoms with Crippen molar-refractivity contribution in [1.29, 1.82) is 0 Å². The lowest BCUT2D eigenvalue weighted by Crippen LogP contribution is -2.57. The van der Waals surface area contributed by atoms with Gasteiger partial charge in [-0.3, -0.25) is 4.18 Å². The number of alkyl halides is 5. The average molecular weight is 417 g/mol. The van der Waals surface area contributed by atoms with Crippen LogP contribution in [0.3, 0.4) is 0 Å². The molecule has 3 unspecified atom stereocenters. The summed E-state index contributed by atoms with van der Waals surface area (Å²) in [5.74, 6) is -1.85.